The molecule has 0 aliphatic rings. The Morgan fingerprint density at radius 2 is 0.839 bits per heavy atom. The summed E-state index contributed by atoms with van der Waals surface area (Å²) in [7, 11) is 0. The molecule has 1 aromatic heterocycles. The van der Waals surface area contributed by atoms with E-state index in [0.29, 0.717) is 45.1 Å². The minimum absolute atomic E-state index is 0.0358. The smallest absolute Gasteiger partial charge is 0.327 e. The van der Waals surface area contributed by atoms with Gasteiger partial charge in [-0.25, -0.2) is 9.59 Å². The summed E-state index contributed by atoms with van der Waals surface area (Å²) in [5, 5.41) is 54.7. The van der Waals surface area contributed by atoms with Gasteiger partial charge in [-0.1, -0.05) is 115 Å². The van der Waals surface area contributed by atoms with Gasteiger partial charge in [0, 0.05) is 67.3 Å². The number of amides is 10. The van der Waals surface area contributed by atoms with Gasteiger partial charge in [-0.3, -0.25) is 38.4 Å². The lowest BCUT2D eigenvalue weighted by molar-refractivity contribution is -0.141. The minimum Gasteiger partial charge on any atom is -0.508 e. The van der Waals surface area contributed by atoms with E-state index in [0.717, 1.165) is 5.56 Å². The minimum atomic E-state index is -1.75. The molecule has 0 aliphatic heterocycles. The molecule has 496 valence electrons. The topological polar surface area (TPSA) is 434 Å². The molecule has 0 fully saturated rings. The molecule has 0 saturated carbocycles. The van der Waals surface area contributed by atoms with Crippen LogP contribution in [0.5, 0.6) is 5.75 Å². The van der Waals surface area contributed by atoms with E-state index >= 15 is 9.59 Å². The predicted molar refractivity (Wildman–Crippen MR) is 354 cm³/mol. The fourth-order valence-corrected chi connectivity index (χ4v) is 10.6. The van der Waals surface area contributed by atoms with Crippen LogP contribution in [0.25, 0.3) is 10.9 Å². The van der Waals surface area contributed by atoms with Crippen LogP contribution in [0, 0.1) is 0 Å². The number of aromatic amines is 1. The van der Waals surface area contributed by atoms with Crippen LogP contribution in [0.2, 0.25) is 0 Å². The maximum atomic E-state index is 15.2. The lowest BCUT2D eigenvalue weighted by Crippen LogP contribution is -2.62. The van der Waals surface area contributed by atoms with Crippen LogP contribution >= 0.6 is 25.3 Å². The highest BCUT2D eigenvalue weighted by atomic mass is 32.1. The molecule has 28 heteroatoms. The number of fused-ring (bicyclic) bond motifs is 1. The number of phenols is 1. The Morgan fingerprint density at radius 3 is 1.30 bits per heavy atom. The SMILES string of the molecule is C[C@@H](O)[C@H](NC(=O)[C@H](CCCCN)NC(=O)[C@H](Cc1c[nH]c2ccccc12)NC(=O)[C@H](Cc1ccc(CN)cc1)NC(=O)[C@H](Cc1ccccc1)NC(=O)[C@H](CS)NC(=O)[C@H](Cc1ccc(O)cc1)NC(N)=O)C(=O)N[C@@H](Cc1ccccc1)C(=O)N[C@@H](CS)C(=O)O. The molecule has 0 spiro atoms. The number of aromatic hydroxyl groups is 1. The second-order valence-electron chi connectivity index (χ2n) is 22.2. The van der Waals surface area contributed by atoms with Gasteiger partial charge in [0.15, 0.2) is 0 Å². The number of carbonyl (C=O) groups excluding carboxylic acids is 9. The first-order chi connectivity index (χ1) is 44.6. The van der Waals surface area contributed by atoms with E-state index in [-0.39, 0.29) is 75.3 Å². The fraction of sp³-hybridized carbons (Fsp3) is 0.354. The van der Waals surface area contributed by atoms with Crippen molar-refractivity contribution in [1.82, 2.24) is 52.8 Å². The van der Waals surface area contributed by atoms with Crippen molar-refractivity contribution in [2.24, 2.45) is 17.2 Å². The number of aromatic nitrogens is 1. The van der Waals surface area contributed by atoms with Crippen molar-refractivity contribution in [2.45, 2.75) is 125 Å². The van der Waals surface area contributed by atoms with E-state index in [4.69, 9.17) is 17.2 Å². The van der Waals surface area contributed by atoms with E-state index in [1.54, 1.807) is 115 Å². The van der Waals surface area contributed by atoms with Crippen LogP contribution in [0.4, 0.5) is 4.79 Å². The van der Waals surface area contributed by atoms with Gasteiger partial charge in [0.2, 0.25) is 47.3 Å². The van der Waals surface area contributed by atoms with Crippen LogP contribution in [0.1, 0.15) is 59.6 Å². The number of carboxylic acids is 1. The third kappa shape index (κ3) is 22.7. The van der Waals surface area contributed by atoms with Crippen LogP contribution in [-0.4, -0.2) is 158 Å². The summed E-state index contributed by atoms with van der Waals surface area (Å²) in [4.78, 5) is 143. The lowest BCUT2D eigenvalue weighted by Gasteiger charge is -2.29. The Kier molecular flexibility index (Phi) is 28.5. The highest BCUT2D eigenvalue weighted by Crippen LogP contribution is 2.21. The molecule has 0 unspecified atom stereocenters. The number of rotatable bonds is 36. The van der Waals surface area contributed by atoms with Crippen LogP contribution in [-0.2, 0) is 81.8 Å². The number of hydrogen-bond donors (Lipinski definition) is 18. The molecule has 0 bridgehead atoms. The second kappa shape index (κ2) is 36.5. The summed E-state index contributed by atoms with van der Waals surface area (Å²) in [5.41, 5.74) is 21.5. The standard InChI is InChI=1S/C65H81N13O13S2/c1-37(79)55(63(88)74-50(29-39-14-6-3-7-15-39)59(84)76-54(36-93)64(89)90)78-56(81)47(18-10-11-27-66)70-61(86)52(32-43-34-69-46-17-9-8-16-45(43)46)73-58(83)49(30-40-19-21-42(33-67)22-20-40)71-57(82)48(28-38-12-4-2-5-13-38)72-62(87)53(35-92)75-60(85)51(77-65(68)91)31-41-23-25-44(80)26-24-41/h2-9,12-17,19-26,34,37,47-55,69,79-80,92-93H,10-11,18,27-33,35-36,66-67H2,1H3,(H,70,86)(H,71,82)(H,72,87)(H,73,83)(H,74,88)(H,75,85)(H,76,84)(H,78,81)(H,89,90)(H3,68,77,91)/t37-,47+,48+,49+,50+,51+,52+,53+,54+,55+/m1/s1. The Morgan fingerprint density at radius 1 is 0.452 bits per heavy atom. The van der Waals surface area contributed by atoms with Gasteiger partial charge in [0.25, 0.3) is 0 Å². The van der Waals surface area contributed by atoms with Gasteiger partial charge in [0.1, 0.15) is 60.1 Å². The number of aliphatic hydroxyl groups excluding tert-OH is 1. The van der Waals surface area contributed by atoms with Crippen LogP contribution in [0.15, 0.2) is 140 Å². The largest absolute Gasteiger partial charge is 0.508 e. The van der Waals surface area contributed by atoms with E-state index in [1.165, 1.54) is 31.2 Å². The molecule has 19 N–H and O–H groups in total. The summed E-state index contributed by atoms with van der Waals surface area (Å²) in [6.45, 7) is 1.61. The van der Waals surface area contributed by atoms with Gasteiger partial charge < -0.3 is 85.4 Å². The van der Waals surface area contributed by atoms with Crippen molar-refractivity contribution >= 4 is 95.4 Å². The van der Waals surface area contributed by atoms with Gasteiger partial charge in [-0.15, -0.1) is 0 Å². The molecular formula is C65H81N13O13S2. The number of H-pyrrole nitrogens is 1. The number of urea groups is 1. The number of aliphatic carboxylic acids is 1. The molecule has 0 saturated heterocycles. The zero-order valence-electron chi connectivity index (χ0n) is 51.1. The molecule has 26 nitrogen and oxygen atoms in total. The van der Waals surface area contributed by atoms with Crippen molar-refractivity contribution < 1.29 is 63.3 Å². The average molecular weight is 1320 g/mol. The molecule has 93 heavy (non-hydrogen) atoms. The van der Waals surface area contributed by atoms with Crippen molar-refractivity contribution in [1.29, 1.82) is 0 Å². The molecule has 6 aromatic rings. The first kappa shape index (κ1) is 72.6. The number of nitrogens with two attached hydrogens (primary N) is 3. The van der Waals surface area contributed by atoms with Crippen molar-refractivity contribution in [3.05, 3.63) is 173 Å². The molecule has 6 rings (SSSR count). The summed E-state index contributed by atoms with van der Waals surface area (Å²) >= 11 is 8.37. The van der Waals surface area contributed by atoms with Gasteiger partial charge in [-0.2, -0.15) is 25.3 Å². The van der Waals surface area contributed by atoms with Gasteiger partial charge in [0.05, 0.1) is 6.10 Å². The molecule has 5 aromatic carbocycles. The molecule has 1 heterocycles. The number of primary amides is 1. The fourth-order valence-electron chi connectivity index (χ4n) is 10.0. The van der Waals surface area contributed by atoms with Crippen molar-refractivity contribution in [3.63, 3.8) is 0 Å². The summed E-state index contributed by atoms with van der Waals surface area (Å²) < 4.78 is 0. The maximum absolute atomic E-state index is 15.2. The molecule has 0 aliphatic carbocycles. The van der Waals surface area contributed by atoms with Gasteiger partial charge in [-0.05, 0) is 84.3 Å². The number of carboxylic acid groups (broad SMARTS) is 1. The zero-order valence-corrected chi connectivity index (χ0v) is 52.9. The number of nitrogens with one attached hydrogen (secondary N) is 10. The maximum Gasteiger partial charge on any atom is 0.327 e. The predicted octanol–water partition coefficient (Wildman–Crippen LogP) is 0.215. The monoisotopic (exact) mass is 1320 g/mol. The molecule has 10 amide bonds. The van der Waals surface area contributed by atoms with Crippen molar-refractivity contribution in [2.75, 3.05) is 18.1 Å². The summed E-state index contributed by atoms with van der Waals surface area (Å²) in [6.07, 6.45) is -0.103. The Balaban J connectivity index is 1.30. The first-order valence-corrected chi connectivity index (χ1v) is 31.4. The second-order valence-corrected chi connectivity index (χ2v) is 23.0. The third-order valence-electron chi connectivity index (χ3n) is 15.2. The highest BCUT2D eigenvalue weighted by Gasteiger charge is 2.37. The number of hydrogen-bond acceptors (Lipinski definition) is 16. The number of benzene rings is 5. The lowest BCUT2D eigenvalue weighted by atomic mass is 9.99. The number of unbranched alkanes of at least 4 members (excludes halogenated alkanes) is 1. The Labute approximate surface area is 548 Å². The number of carbonyl (C=O) groups is 10. The molecule has 10 atom stereocenters. The number of aliphatic hydroxyl groups is 1. The average Bonchev–Trinajstić information content (AvgIpc) is 1.88. The summed E-state index contributed by atoms with van der Waals surface area (Å²) in [6, 6.07) is 22.8. The normalized spacial score (nSPS) is 14.3. The quantitative estimate of drug-likeness (QED) is 0.0185. The molecular weight excluding hydrogens is 1230 g/mol. The van der Waals surface area contributed by atoms with E-state index in [9.17, 15) is 53.7 Å². The van der Waals surface area contributed by atoms with Crippen LogP contribution in [0.3, 0.4) is 0 Å². The summed E-state index contributed by atoms with van der Waals surface area (Å²) in [5.74, 6) is -9.18. The van der Waals surface area contributed by atoms with Gasteiger partial charge >= 0.3 is 12.0 Å². The third-order valence-corrected chi connectivity index (χ3v) is 15.9. The first-order valence-electron chi connectivity index (χ1n) is 30.1. The number of para-hydroxylation sites is 1. The Bertz CT molecular complexity index is 3490. The Hall–Kier alpha value is -9.48. The van der Waals surface area contributed by atoms with E-state index in [2.05, 4.69) is 78.1 Å². The number of phenolic OH excluding ortho intramolecular Hbond substituents is 1. The van der Waals surface area contributed by atoms with Crippen molar-refractivity contribution in [3.8, 4) is 5.75 Å². The van der Waals surface area contributed by atoms with E-state index in [1.807, 2.05) is 0 Å². The van der Waals surface area contributed by atoms with E-state index < -0.39 is 120 Å². The highest BCUT2D eigenvalue weighted by molar-refractivity contribution is 7.80. The molecule has 0 radical (unpaired) electrons. The number of thiol groups is 2. The van der Waals surface area contributed by atoms with Crippen LogP contribution < -0.4 is 65.1 Å². The zero-order chi connectivity index (χ0) is 67.6.